The Morgan fingerprint density at radius 1 is 0.643 bits per heavy atom. The van der Waals surface area contributed by atoms with Crippen molar-refractivity contribution in [1.82, 2.24) is 10.6 Å². The number of rotatable bonds is 18. The number of aliphatic hydroxyl groups excluding tert-OH is 6. The van der Waals surface area contributed by atoms with Crippen LogP contribution in [0.2, 0.25) is 0 Å². The van der Waals surface area contributed by atoms with Gasteiger partial charge in [0.15, 0.2) is 0 Å². The van der Waals surface area contributed by atoms with Gasteiger partial charge in [0.2, 0.25) is 11.8 Å². The molecule has 42 heavy (non-hydrogen) atoms. The Bertz CT molecular complexity index is 1210. The first-order valence-corrected chi connectivity index (χ1v) is 14.7. The molecule has 0 aliphatic heterocycles. The Hall–Kier alpha value is -2.31. The lowest BCUT2D eigenvalue weighted by atomic mass is 10.0. The zero-order chi connectivity index (χ0) is 33.6. The minimum atomic E-state index is -5.40. The van der Waals surface area contributed by atoms with Gasteiger partial charge < -0.3 is 50.9 Å². The summed E-state index contributed by atoms with van der Waals surface area (Å²) in [5.74, 6) is -1.39. The number of nitrogens with one attached hydrogen (secondary N) is 2. The standard InChI is InChI=1S/C8H15NO12S2.C8H15NO9S/c1-4(11)9-5(2-10)7(13)8(14)6(12)3-20-23(18,19)21-22(15,16)17;1-4(11)9-5(2-10)7(13)8(14)6(12)3-18-19(15,16)17/h2,5-8,12-14H,3H2,1H3,(H,9,11)(H,15,16,17);2,5-8,12-14H,3H2,1H3,(H,9,11)(H,15,16,17)/t2*5-,6+,7+,8-/m00/s1. The van der Waals surface area contributed by atoms with Crippen molar-refractivity contribution in [2.24, 2.45) is 0 Å². The molecule has 0 aliphatic carbocycles. The van der Waals surface area contributed by atoms with Crippen molar-refractivity contribution in [3.63, 3.8) is 0 Å². The van der Waals surface area contributed by atoms with Gasteiger partial charge in [-0.15, -0.1) is 3.63 Å². The molecular formula is C16H30N2O21S3. The van der Waals surface area contributed by atoms with Crippen LogP contribution in [0.25, 0.3) is 0 Å². The summed E-state index contributed by atoms with van der Waals surface area (Å²) in [5, 5.41) is 60.7. The molecule has 0 fully saturated rings. The minimum Gasteiger partial charge on any atom is -0.388 e. The number of hydrogen-bond donors (Lipinski definition) is 10. The fourth-order valence-corrected chi connectivity index (χ4v) is 4.00. The first-order chi connectivity index (χ1) is 18.9. The Morgan fingerprint density at radius 3 is 1.24 bits per heavy atom. The molecule has 23 nitrogen and oxygen atoms in total. The summed E-state index contributed by atoms with van der Waals surface area (Å²) in [5.41, 5.74) is 0. The van der Waals surface area contributed by atoms with E-state index in [2.05, 4.69) is 12.0 Å². The Morgan fingerprint density at radius 2 is 0.976 bits per heavy atom. The predicted octanol–water partition coefficient (Wildman–Crippen LogP) is -7.55. The topological polar surface area (TPSA) is 384 Å². The van der Waals surface area contributed by atoms with Crippen molar-refractivity contribution >= 4 is 55.6 Å². The largest absolute Gasteiger partial charge is 0.416 e. The monoisotopic (exact) mass is 682 g/mol. The van der Waals surface area contributed by atoms with E-state index in [0.29, 0.717) is 0 Å². The Kier molecular flexibility index (Phi) is 18.3. The van der Waals surface area contributed by atoms with Crippen molar-refractivity contribution in [1.29, 1.82) is 0 Å². The summed E-state index contributed by atoms with van der Waals surface area (Å²) in [4.78, 5) is 42.7. The number of carbonyl (C=O) groups is 4. The van der Waals surface area contributed by atoms with Gasteiger partial charge in [0.25, 0.3) is 0 Å². The van der Waals surface area contributed by atoms with Gasteiger partial charge in [-0.3, -0.25) is 18.7 Å². The third-order valence-electron chi connectivity index (χ3n) is 4.20. The second-order valence-electron chi connectivity index (χ2n) is 7.72. The first-order valence-electron chi connectivity index (χ1n) is 10.6. The summed E-state index contributed by atoms with van der Waals surface area (Å²) in [6, 6.07) is -3.10. The van der Waals surface area contributed by atoms with Crippen molar-refractivity contribution in [2.75, 3.05) is 13.2 Å². The van der Waals surface area contributed by atoms with Crippen LogP contribution in [0.4, 0.5) is 0 Å². The highest BCUT2D eigenvalue weighted by atomic mass is 32.3. The Labute approximate surface area is 238 Å². The van der Waals surface area contributed by atoms with Crippen molar-refractivity contribution in [3.8, 4) is 0 Å². The van der Waals surface area contributed by atoms with Crippen molar-refractivity contribution in [3.05, 3.63) is 0 Å². The van der Waals surface area contributed by atoms with E-state index in [0.717, 1.165) is 13.8 Å². The maximum Gasteiger partial charge on any atom is 0.416 e. The SMILES string of the molecule is CC(=O)N[C@@H](C=O)[C@@H](O)[C@@H](O)[C@H](O)COS(=O)(=O)O.CC(=O)N[C@@H](C=O)[C@@H](O)[C@@H](O)[C@H](O)COS(=O)(=O)OS(=O)(=O)O. The molecule has 0 aromatic rings. The van der Waals surface area contributed by atoms with Crippen molar-refractivity contribution in [2.45, 2.75) is 62.6 Å². The lowest BCUT2D eigenvalue weighted by Crippen LogP contribution is -2.53. The molecule has 0 unspecified atom stereocenters. The van der Waals surface area contributed by atoms with E-state index in [1.807, 2.05) is 10.6 Å². The molecule has 0 aromatic heterocycles. The van der Waals surface area contributed by atoms with Gasteiger partial charge in [-0.25, -0.2) is 8.37 Å². The van der Waals surface area contributed by atoms with Gasteiger partial charge in [-0.1, -0.05) is 0 Å². The smallest absolute Gasteiger partial charge is 0.388 e. The molecule has 0 bridgehead atoms. The highest BCUT2D eigenvalue weighted by Gasteiger charge is 2.34. The average molecular weight is 683 g/mol. The van der Waals surface area contributed by atoms with Crippen LogP contribution in [-0.2, 0) is 62.4 Å². The first kappa shape index (κ1) is 41.8. The summed E-state index contributed by atoms with van der Waals surface area (Å²) in [7, 11) is -15.5. The molecule has 10 N–H and O–H groups in total. The predicted molar refractivity (Wildman–Crippen MR) is 128 cm³/mol. The molecule has 0 saturated heterocycles. The highest BCUT2D eigenvalue weighted by Crippen LogP contribution is 2.09. The number of amides is 2. The van der Waals surface area contributed by atoms with Gasteiger partial charge in [0, 0.05) is 13.8 Å². The minimum absolute atomic E-state index is 0.0566. The molecule has 0 aromatic carbocycles. The van der Waals surface area contributed by atoms with E-state index in [1.54, 1.807) is 0 Å². The van der Waals surface area contributed by atoms with E-state index < -0.39 is 105 Å². The van der Waals surface area contributed by atoms with Crippen LogP contribution < -0.4 is 10.6 Å². The molecule has 26 heteroatoms. The van der Waals surface area contributed by atoms with Crippen LogP contribution >= 0.6 is 0 Å². The lowest BCUT2D eigenvalue weighted by Gasteiger charge is -2.26. The zero-order valence-electron chi connectivity index (χ0n) is 21.3. The second-order valence-corrected chi connectivity index (χ2v) is 11.3. The summed E-state index contributed by atoms with van der Waals surface area (Å²) in [6.07, 6.45) is -11.9. The molecule has 8 atom stereocenters. The number of aliphatic hydroxyl groups is 6. The third-order valence-corrected chi connectivity index (χ3v) is 6.41. The molecule has 0 heterocycles. The quantitative estimate of drug-likeness (QED) is 0.0474. The van der Waals surface area contributed by atoms with Crippen LogP contribution in [0, 0.1) is 0 Å². The van der Waals surface area contributed by atoms with Gasteiger partial charge in [-0.05, 0) is 0 Å². The van der Waals surface area contributed by atoms with Gasteiger partial charge >= 0.3 is 31.2 Å². The number of hydrogen-bond acceptors (Lipinski definition) is 19. The lowest BCUT2D eigenvalue weighted by molar-refractivity contribution is -0.129. The second kappa shape index (κ2) is 18.4. The number of aldehydes is 2. The van der Waals surface area contributed by atoms with Gasteiger partial charge in [0.05, 0.1) is 13.2 Å². The van der Waals surface area contributed by atoms with Crippen LogP contribution in [0.1, 0.15) is 13.8 Å². The highest BCUT2D eigenvalue weighted by molar-refractivity contribution is 7.94. The van der Waals surface area contributed by atoms with Crippen LogP contribution in [-0.4, -0.2) is 151 Å². The van der Waals surface area contributed by atoms with Crippen molar-refractivity contribution < 1.29 is 96.2 Å². The maximum atomic E-state index is 10.9. The van der Waals surface area contributed by atoms with E-state index in [4.69, 9.17) is 9.11 Å². The third kappa shape index (κ3) is 19.0. The van der Waals surface area contributed by atoms with E-state index >= 15 is 0 Å². The maximum absolute atomic E-state index is 10.9. The van der Waals surface area contributed by atoms with E-state index in [9.17, 15) is 75.1 Å². The molecule has 0 spiro atoms. The van der Waals surface area contributed by atoms with Gasteiger partial charge in [-0.2, -0.15) is 25.3 Å². The summed E-state index contributed by atoms with van der Waals surface area (Å²) >= 11 is 0. The molecule has 0 saturated carbocycles. The van der Waals surface area contributed by atoms with E-state index in [-0.39, 0.29) is 12.6 Å². The normalized spacial score (nSPS) is 18.0. The van der Waals surface area contributed by atoms with Crippen LogP contribution in [0.3, 0.4) is 0 Å². The zero-order valence-corrected chi connectivity index (χ0v) is 23.7. The van der Waals surface area contributed by atoms with Crippen LogP contribution in [0.5, 0.6) is 0 Å². The average Bonchev–Trinajstić information content (AvgIpc) is 2.84. The molecule has 0 rings (SSSR count). The Balaban J connectivity index is 0. The fraction of sp³-hybridized carbons (Fsp3) is 0.750. The molecule has 0 aliphatic rings. The number of carbonyl (C=O) groups excluding carboxylic acids is 4. The summed E-state index contributed by atoms with van der Waals surface area (Å²) in [6.45, 7) is -0.258. The van der Waals surface area contributed by atoms with Crippen LogP contribution in [0.15, 0.2) is 0 Å². The molecular weight excluding hydrogens is 652 g/mol. The van der Waals surface area contributed by atoms with E-state index in [1.165, 1.54) is 0 Å². The molecule has 248 valence electrons. The fourth-order valence-electron chi connectivity index (χ4n) is 2.38. The summed E-state index contributed by atoms with van der Waals surface area (Å²) < 4.78 is 89.9. The van der Waals surface area contributed by atoms with Gasteiger partial charge in [0.1, 0.15) is 61.3 Å². The molecule has 2 amide bonds. The molecule has 0 radical (unpaired) electrons.